The van der Waals surface area contributed by atoms with E-state index < -0.39 is 0 Å². The number of carbonyl (C=O) groups excluding carboxylic acids is 1. The maximum Gasteiger partial charge on any atom is 0.344 e. The third-order valence-electron chi connectivity index (χ3n) is 3.12. The normalized spacial score (nSPS) is 16.9. The standard InChI is InChI=1S/C14H19NO4/c1-3-18-13(16)8-19-12-5-4-9-6-10(15)7-11(9)14(12)17-2/h4-5,10H,3,6-8,15H2,1-2H3. The summed E-state index contributed by atoms with van der Waals surface area (Å²) in [6.07, 6.45) is 1.62. The Labute approximate surface area is 112 Å². The SMILES string of the molecule is CCOC(=O)COc1ccc2c(c1OC)CC(N)C2. The number of nitrogens with two attached hydrogens (primary N) is 1. The molecule has 1 atom stereocenters. The van der Waals surface area contributed by atoms with Gasteiger partial charge in [0.1, 0.15) is 0 Å². The Morgan fingerprint density at radius 2 is 2.21 bits per heavy atom. The molecule has 0 amide bonds. The largest absolute Gasteiger partial charge is 0.493 e. The van der Waals surface area contributed by atoms with Gasteiger partial charge in [-0.05, 0) is 31.4 Å². The number of hydrogen-bond acceptors (Lipinski definition) is 5. The van der Waals surface area contributed by atoms with Gasteiger partial charge in [0, 0.05) is 11.6 Å². The number of esters is 1. The summed E-state index contributed by atoms with van der Waals surface area (Å²) in [5.74, 6) is 0.847. The van der Waals surface area contributed by atoms with E-state index in [-0.39, 0.29) is 18.6 Å². The first-order chi connectivity index (χ1) is 9.15. The van der Waals surface area contributed by atoms with Gasteiger partial charge in [-0.3, -0.25) is 0 Å². The molecule has 104 valence electrons. The third kappa shape index (κ3) is 2.98. The van der Waals surface area contributed by atoms with Crippen molar-refractivity contribution in [3.8, 4) is 11.5 Å². The lowest BCUT2D eigenvalue weighted by Gasteiger charge is -2.13. The zero-order chi connectivity index (χ0) is 13.8. The Kier molecular flexibility index (Phi) is 4.27. The fraction of sp³-hybridized carbons (Fsp3) is 0.500. The highest BCUT2D eigenvalue weighted by molar-refractivity contribution is 5.71. The molecule has 1 aromatic rings. The lowest BCUT2D eigenvalue weighted by Crippen LogP contribution is -2.19. The summed E-state index contributed by atoms with van der Waals surface area (Å²) in [6, 6.07) is 3.92. The van der Waals surface area contributed by atoms with E-state index in [1.807, 2.05) is 12.1 Å². The summed E-state index contributed by atoms with van der Waals surface area (Å²) in [5, 5.41) is 0. The van der Waals surface area contributed by atoms with Crippen LogP contribution in [0.25, 0.3) is 0 Å². The molecule has 0 spiro atoms. The molecule has 1 unspecified atom stereocenters. The topological polar surface area (TPSA) is 70.8 Å². The molecule has 0 heterocycles. The number of carbonyl (C=O) groups is 1. The van der Waals surface area contributed by atoms with Gasteiger partial charge in [0.2, 0.25) is 0 Å². The molecular weight excluding hydrogens is 246 g/mol. The second-order valence-electron chi connectivity index (χ2n) is 4.50. The third-order valence-corrected chi connectivity index (χ3v) is 3.12. The van der Waals surface area contributed by atoms with Crippen LogP contribution in [0.15, 0.2) is 12.1 Å². The van der Waals surface area contributed by atoms with Crippen LogP contribution in [0.1, 0.15) is 18.1 Å². The molecule has 1 aromatic carbocycles. The zero-order valence-corrected chi connectivity index (χ0v) is 11.3. The molecule has 0 saturated carbocycles. The number of rotatable bonds is 5. The molecule has 0 radical (unpaired) electrons. The predicted molar refractivity (Wildman–Crippen MR) is 70.5 cm³/mol. The molecule has 0 aromatic heterocycles. The minimum Gasteiger partial charge on any atom is -0.493 e. The number of hydrogen-bond donors (Lipinski definition) is 1. The maximum absolute atomic E-state index is 11.3. The number of fused-ring (bicyclic) bond motifs is 1. The monoisotopic (exact) mass is 265 g/mol. The van der Waals surface area contributed by atoms with Crippen molar-refractivity contribution in [3.05, 3.63) is 23.3 Å². The second-order valence-corrected chi connectivity index (χ2v) is 4.50. The van der Waals surface area contributed by atoms with Gasteiger partial charge in [-0.15, -0.1) is 0 Å². The highest BCUT2D eigenvalue weighted by Crippen LogP contribution is 2.37. The van der Waals surface area contributed by atoms with Gasteiger partial charge in [0.25, 0.3) is 0 Å². The minimum absolute atomic E-state index is 0.116. The van der Waals surface area contributed by atoms with Crippen molar-refractivity contribution in [2.24, 2.45) is 5.73 Å². The summed E-state index contributed by atoms with van der Waals surface area (Å²) >= 11 is 0. The summed E-state index contributed by atoms with van der Waals surface area (Å²) < 4.78 is 15.7. The molecule has 1 aliphatic rings. The molecule has 19 heavy (non-hydrogen) atoms. The van der Waals surface area contributed by atoms with Crippen molar-refractivity contribution in [1.82, 2.24) is 0 Å². The Morgan fingerprint density at radius 1 is 1.42 bits per heavy atom. The quantitative estimate of drug-likeness (QED) is 0.806. The Hall–Kier alpha value is -1.75. The van der Waals surface area contributed by atoms with Crippen LogP contribution in [0.3, 0.4) is 0 Å². The molecule has 2 rings (SSSR count). The number of benzene rings is 1. The minimum atomic E-state index is -0.387. The smallest absolute Gasteiger partial charge is 0.344 e. The second kappa shape index (κ2) is 5.93. The van der Waals surface area contributed by atoms with E-state index in [1.54, 1.807) is 14.0 Å². The molecule has 2 N–H and O–H groups in total. The molecule has 0 fully saturated rings. The fourth-order valence-electron chi connectivity index (χ4n) is 2.36. The molecule has 0 bridgehead atoms. The molecule has 0 saturated heterocycles. The number of ether oxygens (including phenoxy) is 3. The molecule has 5 nitrogen and oxygen atoms in total. The van der Waals surface area contributed by atoms with E-state index in [0.29, 0.717) is 18.1 Å². The van der Waals surface area contributed by atoms with E-state index in [1.165, 1.54) is 5.56 Å². The Morgan fingerprint density at radius 3 is 2.89 bits per heavy atom. The van der Waals surface area contributed by atoms with Crippen molar-refractivity contribution >= 4 is 5.97 Å². The van der Waals surface area contributed by atoms with E-state index >= 15 is 0 Å². The van der Waals surface area contributed by atoms with Gasteiger partial charge in [-0.25, -0.2) is 4.79 Å². The van der Waals surface area contributed by atoms with Crippen LogP contribution >= 0.6 is 0 Å². The molecule has 1 aliphatic carbocycles. The highest BCUT2D eigenvalue weighted by atomic mass is 16.6. The van der Waals surface area contributed by atoms with Crippen LogP contribution in [-0.4, -0.2) is 32.3 Å². The lowest BCUT2D eigenvalue weighted by molar-refractivity contribution is -0.145. The van der Waals surface area contributed by atoms with Crippen LogP contribution in [-0.2, 0) is 22.4 Å². The molecule has 0 aliphatic heterocycles. The Balaban J connectivity index is 2.14. The average molecular weight is 265 g/mol. The van der Waals surface area contributed by atoms with Crippen LogP contribution in [0.2, 0.25) is 0 Å². The van der Waals surface area contributed by atoms with E-state index in [9.17, 15) is 4.79 Å². The first-order valence-corrected chi connectivity index (χ1v) is 6.38. The van der Waals surface area contributed by atoms with Gasteiger partial charge in [0.05, 0.1) is 13.7 Å². The van der Waals surface area contributed by atoms with Crippen LogP contribution in [0.4, 0.5) is 0 Å². The van der Waals surface area contributed by atoms with Crippen molar-refractivity contribution in [2.45, 2.75) is 25.8 Å². The van der Waals surface area contributed by atoms with Gasteiger partial charge in [0.15, 0.2) is 18.1 Å². The van der Waals surface area contributed by atoms with Crippen LogP contribution < -0.4 is 15.2 Å². The number of methoxy groups -OCH3 is 1. The zero-order valence-electron chi connectivity index (χ0n) is 11.3. The van der Waals surface area contributed by atoms with E-state index in [4.69, 9.17) is 19.9 Å². The maximum atomic E-state index is 11.3. The molecule has 5 heteroatoms. The van der Waals surface area contributed by atoms with Gasteiger partial charge >= 0.3 is 5.97 Å². The lowest BCUT2D eigenvalue weighted by atomic mass is 10.1. The molecular formula is C14H19NO4. The van der Waals surface area contributed by atoms with Crippen molar-refractivity contribution in [3.63, 3.8) is 0 Å². The van der Waals surface area contributed by atoms with Crippen molar-refractivity contribution in [1.29, 1.82) is 0 Å². The summed E-state index contributed by atoms with van der Waals surface area (Å²) in [7, 11) is 1.59. The summed E-state index contributed by atoms with van der Waals surface area (Å²) in [6.45, 7) is 1.99. The van der Waals surface area contributed by atoms with Crippen molar-refractivity contribution in [2.75, 3.05) is 20.3 Å². The predicted octanol–water partition coefficient (Wildman–Crippen LogP) is 1.06. The van der Waals surface area contributed by atoms with Crippen LogP contribution in [0, 0.1) is 0 Å². The van der Waals surface area contributed by atoms with Gasteiger partial charge in [-0.2, -0.15) is 0 Å². The summed E-state index contributed by atoms with van der Waals surface area (Å²) in [4.78, 5) is 11.3. The first kappa shape index (κ1) is 13.7. The van der Waals surface area contributed by atoms with Gasteiger partial charge in [-0.1, -0.05) is 6.07 Å². The fourth-order valence-corrected chi connectivity index (χ4v) is 2.36. The average Bonchev–Trinajstić information content (AvgIpc) is 2.76. The van der Waals surface area contributed by atoms with Crippen molar-refractivity contribution < 1.29 is 19.0 Å². The first-order valence-electron chi connectivity index (χ1n) is 6.38. The van der Waals surface area contributed by atoms with Gasteiger partial charge < -0.3 is 19.9 Å². The Bertz CT molecular complexity index is 473. The van der Waals surface area contributed by atoms with E-state index in [0.717, 1.165) is 18.4 Å². The summed E-state index contributed by atoms with van der Waals surface area (Å²) in [5.41, 5.74) is 8.22. The highest BCUT2D eigenvalue weighted by Gasteiger charge is 2.24. The van der Waals surface area contributed by atoms with Crippen LogP contribution in [0.5, 0.6) is 11.5 Å². The van der Waals surface area contributed by atoms with E-state index in [2.05, 4.69) is 0 Å².